The van der Waals surface area contributed by atoms with Crippen LogP contribution in [0.15, 0.2) is 29.3 Å². The van der Waals surface area contributed by atoms with E-state index in [9.17, 15) is 0 Å². The molecule has 1 aromatic carbocycles. The third-order valence-corrected chi connectivity index (χ3v) is 4.20. The second-order valence-electron chi connectivity index (χ2n) is 5.74. The molecule has 1 N–H and O–H groups in total. The Morgan fingerprint density at radius 1 is 1.10 bits per heavy atom. The smallest absolute Gasteiger partial charge is 0.128 e. The molecule has 3 rings (SSSR count). The number of amidine groups is 1. The highest BCUT2D eigenvalue weighted by molar-refractivity contribution is 6.00. The van der Waals surface area contributed by atoms with Gasteiger partial charge in [-0.25, -0.2) is 0 Å². The summed E-state index contributed by atoms with van der Waals surface area (Å²) in [6.45, 7) is 2.67. The maximum absolute atomic E-state index is 6.12. The number of nitrogens with zero attached hydrogens (tertiary/aromatic N) is 1. The molecule has 0 aromatic heterocycles. The van der Waals surface area contributed by atoms with E-state index >= 15 is 0 Å². The second kappa shape index (κ2) is 6.89. The molecule has 2 aliphatic rings. The second-order valence-corrected chi connectivity index (χ2v) is 5.74. The van der Waals surface area contributed by atoms with Crippen molar-refractivity contribution in [3.8, 4) is 0 Å². The summed E-state index contributed by atoms with van der Waals surface area (Å²) in [6, 6.07) is 8.48. The molecule has 1 aliphatic heterocycles. The van der Waals surface area contributed by atoms with Crippen molar-refractivity contribution in [2.45, 2.75) is 51.2 Å². The SMILES string of the molecule is c1ccc(C2=NCCCN2)c(COC2CCCCC2)c1. The van der Waals surface area contributed by atoms with Gasteiger partial charge in [0.25, 0.3) is 0 Å². The van der Waals surface area contributed by atoms with Crippen LogP contribution in [0, 0.1) is 0 Å². The van der Waals surface area contributed by atoms with E-state index < -0.39 is 0 Å². The van der Waals surface area contributed by atoms with Gasteiger partial charge in [0, 0.05) is 18.7 Å². The Balaban J connectivity index is 1.67. The Morgan fingerprint density at radius 3 is 2.75 bits per heavy atom. The molecule has 0 radical (unpaired) electrons. The molecule has 20 heavy (non-hydrogen) atoms. The van der Waals surface area contributed by atoms with Gasteiger partial charge in [-0.05, 0) is 24.8 Å². The third kappa shape index (κ3) is 3.40. The average Bonchev–Trinajstić information content (AvgIpc) is 2.55. The Hall–Kier alpha value is -1.35. The van der Waals surface area contributed by atoms with Crippen LogP contribution in [0.2, 0.25) is 0 Å². The lowest BCUT2D eigenvalue weighted by molar-refractivity contribution is 0.0168. The fourth-order valence-corrected chi connectivity index (χ4v) is 3.03. The number of aliphatic imine (C=N–C) groups is 1. The maximum Gasteiger partial charge on any atom is 0.128 e. The summed E-state index contributed by atoms with van der Waals surface area (Å²) in [5.41, 5.74) is 2.47. The average molecular weight is 272 g/mol. The summed E-state index contributed by atoms with van der Waals surface area (Å²) in [5.74, 6) is 1.04. The summed E-state index contributed by atoms with van der Waals surface area (Å²) in [4.78, 5) is 4.61. The zero-order valence-corrected chi connectivity index (χ0v) is 12.1. The van der Waals surface area contributed by atoms with Gasteiger partial charge in [-0.15, -0.1) is 0 Å². The van der Waals surface area contributed by atoms with Crippen LogP contribution in [-0.2, 0) is 11.3 Å². The molecule has 1 aromatic rings. The molecule has 0 spiro atoms. The van der Waals surface area contributed by atoms with Crippen LogP contribution < -0.4 is 5.32 Å². The van der Waals surface area contributed by atoms with Crippen molar-refractivity contribution in [3.05, 3.63) is 35.4 Å². The molecule has 0 saturated heterocycles. The molecule has 3 nitrogen and oxygen atoms in total. The lowest BCUT2D eigenvalue weighted by Crippen LogP contribution is -2.31. The van der Waals surface area contributed by atoms with Crippen molar-refractivity contribution in [2.75, 3.05) is 13.1 Å². The number of hydrogen-bond acceptors (Lipinski definition) is 3. The van der Waals surface area contributed by atoms with E-state index in [2.05, 4.69) is 34.6 Å². The molecule has 0 amide bonds. The quantitative estimate of drug-likeness (QED) is 0.912. The van der Waals surface area contributed by atoms with Crippen LogP contribution in [0.5, 0.6) is 0 Å². The first kappa shape index (κ1) is 13.6. The number of ether oxygens (including phenoxy) is 1. The van der Waals surface area contributed by atoms with Gasteiger partial charge in [-0.2, -0.15) is 0 Å². The van der Waals surface area contributed by atoms with Crippen molar-refractivity contribution in [1.82, 2.24) is 5.32 Å². The maximum atomic E-state index is 6.12. The van der Waals surface area contributed by atoms with Crippen LogP contribution in [-0.4, -0.2) is 25.0 Å². The predicted molar refractivity (Wildman–Crippen MR) is 82.1 cm³/mol. The van der Waals surface area contributed by atoms with Crippen molar-refractivity contribution >= 4 is 5.84 Å². The monoisotopic (exact) mass is 272 g/mol. The highest BCUT2D eigenvalue weighted by atomic mass is 16.5. The molecule has 3 heteroatoms. The van der Waals surface area contributed by atoms with Gasteiger partial charge in [0.2, 0.25) is 0 Å². The molecular weight excluding hydrogens is 248 g/mol. The largest absolute Gasteiger partial charge is 0.374 e. The van der Waals surface area contributed by atoms with Gasteiger partial charge < -0.3 is 10.1 Å². The predicted octanol–water partition coefficient (Wildman–Crippen LogP) is 3.28. The summed E-state index contributed by atoms with van der Waals surface area (Å²) in [5, 5.41) is 3.41. The minimum Gasteiger partial charge on any atom is -0.374 e. The van der Waals surface area contributed by atoms with Crippen molar-refractivity contribution in [3.63, 3.8) is 0 Å². The van der Waals surface area contributed by atoms with Crippen LogP contribution in [0.25, 0.3) is 0 Å². The lowest BCUT2D eigenvalue weighted by Gasteiger charge is -2.23. The Labute approximate surface area is 121 Å². The normalized spacial score (nSPS) is 20.3. The summed E-state index contributed by atoms with van der Waals surface area (Å²) < 4.78 is 6.12. The van der Waals surface area contributed by atoms with Crippen molar-refractivity contribution in [2.24, 2.45) is 4.99 Å². The van der Waals surface area contributed by atoms with E-state index in [4.69, 9.17) is 4.74 Å². The van der Waals surface area contributed by atoms with Crippen molar-refractivity contribution in [1.29, 1.82) is 0 Å². The minimum absolute atomic E-state index is 0.457. The Morgan fingerprint density at radius 2 is 1.95 bits per heavy atom. The van der Waals surface area contributed by atoms with Crippen molar-refractivity contribution < 1.29 is 4.74 Å². The zero-order valence-electron chi connectivity index (χ0n) is 12.1. The van der Waals surface area contributed by atoms with Crippen LogP contribution in [0.3, 0.4) is 0 Å². The summed E-state index contributed by atoms with van der Waals surface area (Å²) in [7, 11) is 0. The van der Waals surface area contributed by atoms with Crippen LogP contribution in [0.1, 0.15) is 49.7 Å². The fourth-order valence-electron chi connectivity index (χ4n) is 3.03. The van der Waals surface area contributed by atoms with Crippen LogP contribution in [0.4, 0.5) is 0 Å². The minimum atomic E-state index is 0.457. The fraction of sp³-hybridized carbons (Fsp3) is 0.588. The van der Waals surface area contributed by atoms with E-state index in [0.29, 0.717) is 12.7 Å². The first-order valence-electron chi connectivity index (χ1n) is 7.92. The van der Waals surface area contributed by atoms with Crippen LogP contribution >= 0.6 is 0 Å². The van der Waals surface area contributed by atoms with Gasteiger partial charge in [0.1, 0.15) is 5.84 Å². The first-order valence-corrected chi connectivity index (χ1v) is 7.92. The van der Waals surface area contributed by atoms with Gasteiger partial charge in [0.15, 0.2) is 0 Å². The van der Waals surface area contributed by atoms with E-state index in [1.54, 1.807) is 0 Å². The highest BCUT2D eigenvalue weighted by Gasteiger charge is 2.16. The highest BCUT2D eigenvalue weighted by Crippen LogP contribution is 2.22. The number of rotatable bonds is 4. The molecule has 1 heterocycles. The molecule has 0 bridgehead atoms. The van der Waals surface area contributed by atoms with Gasteiger partial charge in [0.05, 0.1) is 12.7 Å². The Kier molecular flexibility index (Phi) is 4.69. The molecule has 0 atom stereocenters. The summed E-state index contributed by atoms with van der Waals surface area (Å²) in [6.07, 6.45) is 8.05. The van der Waals surface area contributed by atoms with Gasteiger partial charge in [-0.3, -0.25) is 4.99 Å². The summed E-state index contributed by atoms with van der Waals surface area (Å²) >= 11 is 0. The lowest BCUT2D eigenvalue weighted by atomic mass is 9.97. The van der Waals surface area contributed by atoms with E-state index in [-0.39, 0.29) is 0 Å². The molecular formula is C17H24N2O. The third-order valence-electron chi connectivity index (χ3n) is 4.20. The van der Waals surface area contributed by atoms with Gasteiger partial charge >= 0.3 is 0 Å². The first-order chi connectivity index (χ1) is 9.93. The van der Waals surface area contributed by atoms with E-state index in [0.717, 1.165) is 25.3 Å². The van der Waals surface area contributed by atoms with E-state index in [1.807, 2.05) is 0 Å². The number of nitrogens with one attached hydrogen (secondary N) is 1. The van der Waals surface area contributed by atoms with Gasteiger partial charge in [-0.1, -0.05) is 43.5 Å². The molecule has 1 saturated carbocycles. The molecule has 1 fully saturated rings. The molecule has 0 unspecified atom stereocenters. The standard InChI is InChI=1S/C17H24N2O/c1-2-8-15(9-3-1)20-13-14-7-4-5-10-16(14)17-18-11-6-12-19-17/h4-5,7,10,15H,1-3,6,8-9,11-13H2,(H,18,19). The molecule has 1 aliphatic carbocycles. The molecule has 108 valence electrons. The Bertz CT molecular complexity index is 464. The topological polar surface area (TPSA) is 33.6 Å². The van der Waals surface area contributed by atoms with E-state index in [1.165, 1.54) is 43.2 Å². The number of benzene rings is 1. The zero-order chi connectivity index (χ0) is 13.6. The number of hydrogen-bond donors (Lipinski definition) is 1.